The Labute approximate surface area is 126 Å². The number of hydrogen-bond acceptors (Lipinski definition) is 6. The van der Waals surface area contributed by atoms with Crippen LogP contribution in [0.3, 0.4) is 0 Å². The van der Waals surface area contributed by atoms with Crippen molar-refractivity contribution in [2.75, 3.05) is 39.6 Å². The zero-order chi connectivity index (χ0) is 16.1. The molecule has 0 saturated heterocycles. The Morgan fingerprint density at radius 2 is 1.62 bits per heavy atom. The second kappa shape index (κ2) is 11.3. The largest absolute Gasteiger partial charge is 0.466 e. The van der Waals surface area contributed by atoms with Crippen LogP contribution in [0.5, 0.6) is 0 Å². The Bertz CT molecular complexity index is 300. The summed E-state index contributed by atoms with van der Waals surface area (Å²) in [5.41, 5.74) is -0.502. The van der Waals surface area contributed by atoms with Crippen LogP contribution in [-0.4, -0.2) is 57.2 Å². The van der Waals surface area contributed by atoms with Crippen LogP contribution in [0.25, 0.3) is 0 Å². The Morgan fingerprint density at radius 3 is 2.19 bits per heavy atom. The number of amides is 1. The second-order valence-electron chi connectivity index (χ2n) is 5.21. The first kappa shape index (κ1) is 19.7. The Hall–Kier alpha value is -1.34. The van der Waals surface area contributed by atoms with Gasteiger partial charge in [0.1, 0.15) is 5.60 Å². The van der Waals surface area contributed by atoms with Crippen LogP contribution in [0.2, 0.25) is 0 Å². The molecule has 0 aliphatic heterocycles. The lowest BCUT2D eigenvalue weighted by Crippen LogP contribution is -2.34. The summed E-state index contributed by atoms with van der Waals surface area (Å²) >= 11 is 0. The molecule has 1 N–H and O–H groups in total. The number of nitrogens with one attached hydrogen (secondary N) is 1. The van der Waals surface area contributed by atoms with E-state index in [9.17, 15) is 9.59 Å². The highest BCUT2D eigenvalue weighted by molar-refractivity contribution is 5.69. The van der Waals surface area contributed by atoms with Crippen molar-refractivity contribution in [1.82, 2.24) is 5.32 Å². The van der Waals surface area contributed by atoms with Gasteiger partial charge in [0, 0.05) is 6.54 Å². The van der Waals surface area contributed by atoms with E-state index in [-0.39, 0.29) is 12.4 Å². The highest BCUT2D eigenvalue weighted by Gasteiger charge is 2.15. The highest BCUT2D eigenvalue weighted by atomic mass is 16.6. The van der Waals surface area contributed by atoms with Crippen molar-refractivity contribution in [2.45, 2.75) is 39.7 Å². The van der Waals surface area contributed by atoms with Crippen LogP contribution < -0.4 is 5.32 Å². The lowest BCUT2D eigenvalue weighted by molar-refractivity contribution is -0.144. The standard InChI is InChI=1S/C14H27NO6/c1-5-20-12(16)6-8-18-10-11-19-9-7-15-13(17)21-14(2,3)4/h5-11H2,1-4H3,(H,15,17). The van der Waals surface area contributed by atoms with Gasteiger partial charge in [-0.25, -0.2) is 4.79 Å². The smallest absolute Gasteiger partial charge is 0.407 e. The van der Waals surface area contributed by atoms with Crippen molar-refractivity contribution in [1.29, 1.82) is 0 Å². The fraction of sp³-hybridized carbons (Fsp3) is 0.857. The van der Waals surface area contributed by atoms with Crippen LogP contribution in [-0.2, 0) is 23.7 Å². The van der Waals surface area contributed by atoms with Gasteiger partial charge < -0.3 is 24.3 Å². The Balaban J connectivity index is 3.30. The van der Waals surface area contributed by atoms with Crippen LogP contribution in [0, 0.1) is 0 Å². The van der Waals surface area contributed by atoms with Gasteiger partial charge in [0.25, 0.3) is 0 Å². The first-order valence-corrected chi connectivity index (χ1v) is 7.13. The summed E-state index contributed by atoms with van der Waals surface area (Å²) in [4.78, 5) is 22.3. The molecule has 0 bridgehead atoms. The fourth-order valence-electron chi connectivity index (χ4n) is 1.25. The average molecular weight is 305 g/mol. The van der Waals surface area contributed by atoms with E-state index in [2.05, 4.69) is 5.32 Å². The minimum atomic E-state index is -0.502. The van der Waals surface area contributed by atoms with Crippen molar-refractivity contribution in [3.63, 3.8) is 0 Å². The fourth-order valence-corrected chi connectivity index (χ4v) is 1.25. The minimum absolute atomic E-state index is 0.244. The summed E-state index contributed by atoms with van der Waals surface area (Å²) in [6, 6.07) is 0. The van der Waals surface area contributed by atoms with E-state index in [0.717, 1.165) is 0 Å². The highest BCUT2D eigenvalue weighted by Crippen LogP contribution is 2.05. The van der Waals surface area contributed by atoms with Crippen LogP contribution in [0.15, 0.2) is 0 Å². The molecule has 0 saturated carbocycles. The first-order valence-electron chi connectivity index (χ1n) is 7.13. The summed E-state index contributed by atoms with van der Waals surface area (Å²) in [5.74, 6) is -0.264. The molecule has 21 heavy (non-hydrogen) atoms. The lowest BCUT2D eigenvalue weighted by Gasteiger charge is -2.19. The molecule has 0 spiro atoms. The molecule has 0 unspecified atom stereocenters. The summed E-state index contributed by atoms with van der Waals surface area (Å²) in [6.07, 6.45) is -0.217. The summed E-state index contributed by atoms with van der Waals surface area (Å²) in [5, 5.41) is 2.58. The third kappa shape index (κ3) is 14.9. The Morgan fingerprint density at radius 1 is 1.00 bits per heavy atom. The molecule has 0 aliphatic carbocycles. The predicted octanol–water partition coefficient (Wildman–Crippen LogP) is 1.50. The molecular formula is C14H27NO6. The monoisotopic (exact) mass is 305 g/mol. The molecule has 124 valence electrons. The maximum Gasteiger partial charge on any atom is 0.407 e. The zero-order valence-electron chi connectivity index (χ0n) is 13.4. The molecule has 0 aromatic heterocycles. The molecule has 0 aromatic rings. The lowest BCUT2D eigenvalue weighted by atomic mass is 10.2. The van der Waals surface area contributed by atoms with Crippen molar-refractivity contribution < 1.29 is 28.5 Å². The quantitative estimate of drug-likeness (QED) is 0.486. The van der Waals surface area contributed by atoms with Gasteiger partial charge in [-0.15, -0.1) is 0 Å². The van der Waals surface area contributed by atoms with Crippen molar-refractivity contribution in [3.8, 4) is 0 Å². The Kier molecular flexibility index (Phi) is 10.6. The second-order valence-corrected chi connectivity index (χ2v) is 5.21. The maximum absolute atomic E-state index is 11.3. The number of carbonyl (C=O) groups is 2. The van der Waals surface area contributed by atoms with Crippen molar-refractivity contribution >= 4 is 12.1 Å². The number of ether oxygens (including phenoxy) is 4. The van der Waals surface area contributed by atoms with Crippen molar-refractivity contribution in [3.05, 3.63) is 0 Å². The molecule has 0 rings (SSSR count). The summed E-state index contributed by atoms with van der Waals surface area (Å²) in [6.45, 7) is 9.41. The topological polar surface area (TPSA) is 83.1 Å². The van der Waals surface area contributed by atoms with Crippen LogP contribution >= 0.6 is 0 Å². The van der Waals surface area contributed by atoms with Gasteiger partial charge in [0.2, 0.25) is 0 Å². The molecule has 0 atom stereocenters. The minimum Gasteiger partial charge on any atom is -0.466 e. The van der Waals surface area contributed by atoms with E-state index in [0.29, 0.717) is 39.6 Å². The third-order valence-corrected chi connectivity index (χ3v) is 2.04. The van der Waals surface area contributed by atoms with Crippen molar-refractivity contribution in [2.24, 2.45) is 0 Å². The molecule has 7 heteroatoms. The first-order chi connectivity index (χ1) is 9.85. The summed E-state index contributed by atoms with van der Waals surface area (Å²) < 4.78 is 20.3. The van der Waals surface area contributed by atoms with E-state index in [1.807, 2.05) is 0 Å². The summed E-state index contributed by atoms with van der Waals surface area (Å²) in [7, 11) is 0. The van der Waals surface area contributed by atoms with Crippen LogP contribution in [0.1, 0.15) is 34.1 Å². The average Bonchev–Trinajstić information content (AvgIpc) is 2.35. The van der Waals surface area contributed by atoms with E-state index in [1.165, 1.54) is 0 Å². The number of rotatable bonds is 10. The van der Waals surface area contributed by atoms with Gasteiger partial charge in [-0.1, -0.05) is 0 Å². The van der Waals surface area contributed by atoms with Gasteiger partial charge in [-0.3, -0.25) is 4.79 Å². The van der Waals surface area contributed by atoms with Gasteiger partial charge in [0.15, 0.2) is 0 Å². The zero-order valence-corrected chi connectivity index (χ0v) is 13.4. The molecule has 0 aromatic carbocycles. The van der Waals surface area contributed by atoms with E-state index < -0.39 is 11.7 Å². The number of hydrogen-bond donors (Lipinski definition) is 1. The van der Waals surface area contributed by atoms with E-state index >= 15 is 0 Å². The van der Waals surface area contributed by atoms with Gasteiger partial charge in [-0.2, -0.15) is 0 Å². The molecule has 1 amide bonds. The van der Waals surface area contributed by atoms with Gasteiger partial charge in [0.05, 0.1) is 39.5 Å². The number of carbonyl (C=O) groups excluding carboxylic acids is 2. The van der Waals surface area contributed by atoms with Gasteiger partial charge >= 0.3 is 12.1 Å². The number of esters is 1. The molecular weight excluding hydrogens is 278 g/mol. The van der Waals surface area contributed by atoms with E-state index in [1.54, 1.807) is 27.7 Å². The normalized spacial score (nSPS) is 11.0. The number of alkyl carbamates (subject to hydrolysis) is 1. The van der Waals surface area contributed by atoms with Crippen LogP contribution in [0.4, 0.5) is 4.79 Å². The molecule has 0 heterocycles. The third-order valence-electron chi connectivity index (χ3n) is 2.04. The molecule has 7 nitrogen and oxygen atoms in total. The van der Waals surface area contributed by atoms with E-state index in [4.69, 9.17) is 18.9 Å². The predicted molar refractivity (Wildman–Crippen MR) is 77.1 cm³/mol. The molecule has 0 fully saturated rings. The maximum atomic E-state index is 11.3. The molecule has 0 aliphatic rings. The molecule has 0 radical (unpaired) electrons. The SMILES string of the molecule is CCOC(=O)CCOCCOCCNC(=O)OC(C)(C)C. The van der Waals surface area contributed by atoms with Gasteiger partial charge in [-0.05, 0) is 27.7 Å².